The van der Waals surface area contributed by atoms with Crippen molar-refractivity contribution in [1.29, 1.82) is 0 Å². The predicted molar refractivity (Wildman–Crippen MR) is 153 cm³/mol. The van der Waals surface area contributed by atoms with E-state index in [1.807, 2.05) is 56.3 Å². The Hall–Kier alpha value is -3.68. The van der Waals surface area contributed by atoms with E-state index in [4.69, 9.17) is 16.3 Å². The third-order valence-corrected chi connectivity index (χ3v) is 9.75. The van der Waals surface area contributed by atoms with Gasteiger partial charge >= 0.3 is 0 Å². The fourth-order valence-corrected chi connectivity index (χ4v) is 8.06. The molecule has 0 aromatic heterocycles. The first-order valence-corrected chi connectivity index (χ1v) is 14.3. The van der Waals surface area contributed by atoms with Gasteiger partial charge in [-0.2, -0.15) is 0 Å². The summed E-state index contributed by atoms with van der Waals surface area (Å²) in [6.45, 7) is 5.04. The Kier molecular flexibility index (Phi) is 5.64. The number of carbonyl (C=O) groups excluding carboxylic acids is 3. The van der Waals surface area contributed by atoms with E-state index in [1.54, 1.807) is 18.2 Å². The first-order chi connectivity index (χ1) is 19.4. The Morgan fingerprint density at radius 2 is 1.88 bits per heavy atom. The molecule has 2 saturated heterocycles. The lowest BCUT2D eigenvalue weighted by molar-refractivity contribution is -0.137. The van der Waals surface area contributed by atoms with E-state index in [2.05, 4.69) is 15.5 Å². The molecule has 2 spiro atoms. The van der Waals surface area contributed by atoms with Gasteiger partial charge in [0, 0.05) is 27.9 Å². The van der Waals surface area contributed by atoms with Crippen LogP contribution < -0.4 is 15.4 Å². The zero-order valence-corrected chi connectivity index (χ0v) is 23.2. The molecule has 2 N–H and O–H groups in total. The molecule has 40 heavy (non-hydrogen) atoms. The Balaban J connectivity index is 1.52. The average Bonchev–Trinajstić information content (AvgIpc) is 3.68. The number of Topliss-reactive ketones (excluding diaryl/α,β-unsaturated/α-hetero) is 1. The number of hydrogen-bond donors (Lipinski definition) is 2. The number of ketones is 1. The number of amides is 2. The zero-order chi connectivity index (χ0) is 27.8. The lowest BCUT2D eigenvalue weighted by Gasteiger charge is -2.43. The average molecular weight is 556 g/mol. The topological polar surface area (TPSA) is 87.7 Å². The highest BCUT2D eigenvalue weighted by Gasteiger charge is 2.81. The molecule has 2 fully saturated rings. The number of rotatable bonds is 5. The molecule has 3 aromatic carbocycles. The van der Waals surface area contributed by atoms with Crippen molar-refractivity contribution in [3.8, 4) is 5.75 Å². The van der Waals surface area contributed by atoms with Crippen molar-refractivity contribution in [2.45, 2.75) is 50.1 Å². The predicted octanol–water partition coefficient (Wildman–Crippen LogP) is 5.45. The van der Waals surface area contributed by atoms with E-state index < -0.39 is 16.9 Å². The molecule has 4 heterocycles. The Morgan fingerprint density at radius 3 is 2.70 bits per heavy atom. The molecule has 4 aliphatic rings. The van der Waals surface area contributed by atoms with Crippen molar-refractivity contribution in [3.63, 3.8) is 0 Å². The fraction of sp³-hybridized carbons (Fsp3) is 0.344. The van der Waals surface area contributed by atoms with Crippen LogP contribution in [0.3, 0.4) is 0 Å². The van der Waals surface area contributed by atoms with Gasteiger partial charge in [0.2, 0.25) is 5.91 Å². The van der Waals surface area contributed by atoms with Crippen LogP contribution in [0.25, 0.3) is 0 Å². The number of para-hydroxylation sites is 1. The van der Waals surface area contributed by atoms with Crippen LogP contribution in [0.15, 0.2) is 60.7 Å². The second-order valence-corrected chi connectivity index (χ2v) is 11.6. The molecule has 7 nitrogen and oxygen atoms in total. The maximum atomic E-state index is 14.8. The minimum Gasteiger partial charge on any atom is -0.494 e. The van der Waals surface area contributed by atoms with Crippen molar-refractivity contribution in [2.24, 2.45) is 5.92 Å². The van der Waals surface area contributed by atoms with E-state index in [9.17, 15) is 14.4 Å². The second kappa shape index (κ2) is 8.91. The summed E-state index contributed by atoms with van der Waals surface area (Å²) in [4.78, 5) is 46.1. The first kappa shape index (κ1) is 25.3. The number of benzene rings is 3. The number of anilines is 2. The van der Waals surface area contributed by atoms with Crippen LogP contribution in [0.4, 0.5) is 11.4 Å². The van der Waals surface area contributed by atoms with Gasteiger partial charge < -0.3 is 15.4 Å². The van der Waals surface area contributed by atoms with Crippen LogP contribution in [0.2, 0.25) is 5.02 Å². The summed E-state index contributed by atoms with van der Waals surface area (Å²) in [7, 11) is 0. The Labute approximate surface area is 237 Å². The number of carbonyl (C=O) groups is 3. The zero-order valence-electron chi connectivity index (χ0n) is 22.4. The molecule has 204 valence electrons. The highest BCUT2D eigenvalue weighted by molar-refractivity contribution is 6.32. The maximum Gasteiger partial charge on any atom is 0.251 e. The van der Waals surface area contributed by atoms with Gasteiger partial charge in [0.1, 0.15) is 16.7 Å². The van der Waals surface area contributed by atoms with Crippen LogP contribution in [-0.4, -0.2) is 41.7 Å². The highest BCUT2D eigenvalue weighted by Crippen LogP contribution is 2.68. The smallest absolute Gasteiger partial charge is 0.251 e. The second-order valence-electron chi connectivity index (χ2n) is 11.2. The van der Waals surface area contributed by atoms with E-state index in [0.717, 1.165) is 18.4 Å². The van der Waals surface area contributed by atoms with Crippen molar-refractivity contribution in [2.75, 3.05) is 23.8 Å². The lowest BCUT2D eigenvalue weighted by atomic mass is 9.57. The lowest BCUT2D eigenvalue weighted by Crippen LogP contribution is -2.62. The van der Waals surface area contributed by atoms with E-state index in [-0.39, 0.29) is 23.6 Å². The van der Waals surface area contributed by atoms with Gasteiger partial charge in [-0.25, -0.2) is 0 Å². The monoisotopic (exact) mass is 555 g/mol. The number of hydrogen-bond acceptors (Lipinski definition) is 5. The maximum absolute atomic E-state index is 14.8. The van der Waals surface area contributed by atoms with Gasteiger partial charge in [0.15, 0.2) is 5.78 Å². The van der Waals surface area contributed by atoms with Crippen molar-refractivity contribution < 1.29 is 19.1 Å². The van der Waals surface area contributed by atoms with Crippen LogP contribution in [0, 0.1) is 12.8 Å². The quantitative estimate of drug-likeness (QED) is 0.409. The third kappa shape index (κ3) is 2.97. The van der Waals surface area contributed by atoms with E-state index in [0.29, 0.717) is 58.4 Å². The largest absolute Gasteiger partial charge is 0.494 e. The van der Waals surface area contributed by atoms with Crippen molar-refractivity contribution >= 4 is 40.6 Å². The first-order valence-electron chi connectivity index (χ1n) is 13.9. The molecule has 3 aromatic rings. The molecule has 4 aliphatic heterocycles. The molecule has 0 saturated carbocycles. The molecule has 0 unspecified atom stereocenters. The van der Waals surface area contributed by atoms with E-state index >= 15 is 0 Å². The Morgan fingerprint density at radius 1 is 1.05 bits per heavy atom. The normalized spacial score (nSPS) is 28.0. The van der Waals surface area contributed by atoms with Gasteiger partial charge in [-0.1, -0.05) is 54.9 Å². The standard InChI is InChI=1S/C32H30ClN3O4/c1-3-16-40-20-9-6-8-19(17-20)28(37)26-25-12-7-15-36(25)32(22-13-14-23(33)18(2)27(22)35-30(32)39)31(26)21-10-4-5-11-24(21)34-29(31)38/h4-6,8-11,13-14,17,25-26H,3,7,12,15-16H2,1-2H3,(H,34,38)(H,35,39)/t25-,26-,31+,32-/m0/s1. The highest BCUT2D eigenvalue weighted by atomic mass is 35.5. The van der Waals surface area contributed by atoms with E-state index in [1.165, 1.54) is 0 Å². The van der Waals surface area contributed by atoms with Crippen LogP contribution in [0.1, 0.15) is 53.2 Å². The Bertz CT molecular complexity index is 1600. The minimum atomic E-state index is -1.48. The molecule has 0 bridgehead atoms. The molecule has 0 aliphatic carbocycles. The van der Waals surface area contributed by atoms with Gasteiger partial charge in [0.05, 0.1) is 18.2 Å². The van der Waals surface area contributed by atoms with Crippen molar-refractivity contribution in [3.05, 3.63) is 87.9 Å². The molecule has 4 atom stereocenters. The number of halogens is 1. The summed E-state index contributed by atoms with van der Waals surface area (Å²) in [6, 6.07) is 18.0. The summed E-state index contributed by atoms with van der Waals surface area (Å²) in [5.74, 6) is -0.956. The van der Waals surface area contributed by atoms with Gasteiger partial charge in [0.25, 0.3) is 5.91 Å². The molecular formula is C32H30ClN3O4. The van der Waals surface area contributed by atoms with Crippen LogP contribution >= 0.6 is 11.6 Å². The summed E-state index contributed by atoms with van der Waals surface area (Å²) in [6.07, 6.45) is 2.37. The molecule has 0 radical (unpaired) electrons. The van der Waals surface area contributed by atoms with Crippen LogP contribution in [-0.2, 0) is 20.5 Å². The summed E-state index contributed by atoms with van der Waals surface area (Å²) >= 11 is 6.51. The number of nitrogens with zero attached hydrogens (tertiary/aromatic N) is 1. The number of fused-ring (bicyclic) bond motifs is 7. The van der Waals surface area contributed by atoms with Crippen LogP contribution in [0.5, 0.6) is 5.75 Å². The fourth-order valence-electron chi connectivity index (χ4n) is 7.90. The summed E-state index contributed by atoms with van der Waals surface area (Å²) in [5.41, 5.74) is 0.978. The number of ether oxygens (including phenoxy) is 1. The molecular weight excluding hydrogens is 526 g/mol. The van der Waals surface area contributed by atoms with Gasteiger partial charge in [-0.3, -0.25) is 19.3 Å². The molecule has 8 heteroatoms. The third-order valence-electron chi connectivity index (χ3n) is 9.34. The number of nitrogens with one attached hydrogen (secondary N) is 2. The molecule has 7 rings (SSSR count). The summed E-state index contributed by atoms with van der Waals surface area (Å²) < 4.78 is 5.85. The SMILES string of the molecule is CCCOc1cccc(C(=O)[C@@H]2[C@@H]3CCCN3[C@@]3(C(=O)Nc4c3ccc(Cl)c4C)[C@@]23C(=O)Nc2ccccc23)c1. The van der Waals surface area contributed by atoms with Crippen molar-refractivity contribution in [1.82, 2.24) is 4.90 Å². The summed E-state index contributed by atoms with van der Waals surface area (Å²) in [5, 5.41) is 6.72. The van der Waals surface area contributed by atoms with Gasteiger partial charge in [-0.15, -0.1) is 0 Å². The minimum absolute atomic E-state index is 0.158. The van der Waals surface area contributed by atoms with Gasteiger partial charge in [-0.05, 0) is 68.1 Å². The molecule has 2 amide bonds.